The van der Waals surface area contributed by atoms with Gasteiger partial charge in [-0.1, -0.05) is 30.3 Å². The Kier molecular flexibility index (Phi) is 5.13. The van der Waals surface area contributed by atoms with E-state index in [1.165, 1.54) is 5.56 Å². The SMILES string of the molecule is Cc1[nH]nc(C(=O)N2CCCN(Cc3ccccc3)CC2)c1Br. The molecule has 1 amide bonds. The van der Waals surface area contributed by atoms with E-state index >= 15 is 0 Å². The predicted molar refractivity (Wildman–Crippen MR) is 93.3 cm³/mol. The highest BCUT2D eigenvalue weighted by Gasteiger charge is 2.24. The Bertz CT molecular complexity index is 670. The normalized spacial score (nSPS) is 16.3. The number of benzene rings is 1. The first-order chi connectivity index (χ1) is 11.1. The number of aryl methyl sites for hydroxylation is 1. The van der Waals surface area contributed by atoms with Crippen LogP contribution in [0.15, 0.2) is 34.8 Å². The van der Waals surface area contributed by atoms with E-state index in [1.807, 2.05) is 17.9 Å². The lowest BCUT2D eigenvalue weighted by Crippen LogP contribution is -2.35. The van der Waals surface area contributed by atoms with Gasteiger partial charge in [0.1, 0.15) is 0 Å². The van der Waals surface area contributed by atoms with Crippen molar-refractivity contribution in [3.05, 3.63) is 51.8 Å². The summed E-state index contributed by atoms with van der Waals surface area (Å²) in [4.78, 5) is 17.0. The summed E-state index contributed by atoms with van der Waals surface area (Å²) in [6.45, 7) is 6.26. The minimum absolute atomic E-state index is 0.00258. The molecule has 2 heterocycles. The Hall–Kier alpha value is -1.66. The van der Waals surface area contributed by atoms with Gasteiger partial charge >= 0.3 is 0 Å². The second-order valence-electron chi connectivity index (χ2n) is 5.92. The number of H-pyrrole nitrogens is 1. The Morgan fingerprint density at radius 3 is 2.70 bits per heavy atom. The predicted octanol–water partition coefficient (Wildman–Crippen LogP) is 2.83. The number of nitrogens with one attached hydrogen (secondary N) is 1. The molecule has 122 valence electrons. The summed E-state index contributed by atoms with van der Waals surface area (Å²) in [6.07, 6.45) is 0.986. The van der Waals surface area contributed by atoms with Gasteiger partial charge in [-0.3, -0.25) is 14.8 Å². The molecule has 1 saturated heterocycles. The molecule has 1 aliphatic rings. The molecule has 0 aliphatic carbocycles. The summed E-state index contributed by atoms with van der Waals surface area (Å²) >= 11 is 3.44. The van der Waals surface area contributed by atoms with E-state index in [0.29, 0.717) is 5.69 Å². The number of nitrogens with zero attached hydrogens (tertiary/aromatic N) is 3. The van der Waals surface area contributed by atoms with Gasteiger partial charge in [0.25, 0.3) is 5.91 Å². The largest absolute Gasteiger partial charge is 0.336 e. The molecule has 1 aromatic carbocycles. The maximum Gasteiger partial charge on any atom is 0.275 e. The first-order valence-electron chi connectivity index (χ1n) is 7.91. The van der Waals surface area contributed by atoms with Crippen LogP contribution < -0.4 is 0 Å². The van der Waals surface area contributed by atoms with Crippen LogP contribution in [0.1, 0.15) is 28.2 Å². The third-order valence-electron chi connectivity index (χ3n) is 4.20. The number of hydrogen-bond acceptors (Lipinski definition) is 3. The van der Waals surface area contributed by atoms with Gasteiger partial charge in [0, 0.05) is 38.4 Å². The second kappa shape index (κ2) is 7.27. The number of amides is 1. The molecule has 6 heteroatoms. The molecule has 23 heavy (non-hydrogen) atoms. The first-order valence-corrected chi connectivity index (χ1v) is 8.70. The van der Waals surface area contributed by atoms with Crippen molar-refractivity contribution in [1.82, 2.24) is 20.0 Å². The lowest BCUT2D eigenvalue weighted by molar-refractivity contribution is 0.0754. The molecule has 1 N–H and O–H groups in total. The standard InChI is InChI=1S/C17H21BrN4O/c1-13-15(18)16(20-19-13)17(23)22-9-5-8-21(10-11-22)12-14-6-3-2-4-7-14/h2-4,6-7H,5,8-12H2,1H3,(H,19,20). The van der Waals surface area contributed by atoms with Crippen LogP contribution >= 0.6 is 15.9 Å². The number of carbonyl (C=O) groups is 1. The summed E-state index contributed by atoms with van der Waals surface area (Å²) < 4.78 is 0.771. The van der Waals surface area contributed by atoms with Crippen molar-refractivity contribution in [1.29, 1.82) is 0 Å². The van der Waals surface area contributed by atoms with E-state index in [4.69, 9.17) is 0 Å². The Labute approximate surface area is 144 Å². The molecular formula is C17H21BrN4O. The van der Waals surface area contributed by atoms with E-state index in [1.54, 1.807) is 0 Å². The van der Waals surface area contributed by atoms with Gasteiger partial charge in [-0.15, -0.1) is 0 Å². The fraction of sp³-hybridized carbons (Fsp3) is 0.412. The molecule has 5 nitrogen and oxygen atoms in total. The Balaban J connectivity index is 1.62. The van der Waals surface area contributed by atoms with Gasteiger partial charge in [-0.05, 0) is 34.8 Å². The lowest BCUT2D eigenvalue weighted by Gasteiger charge is -2.21. The molecule has 0 spiro atoms. The number of rotatable bonds is 3. The molecule has 1 fully saturated rings. The highest BCUT2D eigenvalue weighted by atomic mass is 79.9. The highest BCUT2D eigenvalue weighted by molar-refractivity contribution is 9.10. The Morgan fingerprint density at radius 2 is 2.00 bits per heavy atom. The van der Waals surface area contributed by atoms with Crippen LogP contribution in [-0.4, -0.2) is 52.1 Å². The number of aromatic amines is 1. The van der Waals surface area contributed by atoms with E-state index < -0.39 is 0 Å². The zero-order valence-electron chi connectivity index (χ0n) is 13.3. The van der Waals surface area contributed by atoms with Crippen molar-refractivity contribution in [2.24, 2.45) is 0 Å². The van der Waals surface area contributed by atoms with Crippen molar-refractivity contribution in [3.8, 4) is 0 Å². The van der Waals surface area contributed by atoms with Crippen molar-refractivity contribution in [3.63, 3.8) is 0 Å². The molecule has 0 atom stereocenters. The molecule has 1 aromatic heterocycles. The number of hydrogen-bond donors (Lipinski definition) is 1. The Morgan fingerprint density at radius 1 is 1.22 bits per heavy atom. The topological polar surface area (TPSA) is 52.2 Å². The average molecular weight is 377 g/mol. The molecule has 0 bridgehead atoms. The first kappa shape index (κ1) is 16.2. The summed E-state index contributed by atoms with van der Waals surface area (Å²) in [5, 5.41) is 6.99. The zero-order chi connectivity index (χ0) is 16.2. The summed E-state index contributed by atoms with van der Waals surface area (Å²) in [5.74, 6) is 0.00258. The third-order valence-corrected chi connectivity index (χ3v) is 5.17. The van der Waals surface area contributed by atoms with Crippen molar-refractivity contribution in [2.75, 3.05) is 26.2 Å². The van der Waals surface area contributed by atoms with Crippen LogP contribution in [0, 0.1) is 6.92 Å². The van der Waals surface area contributed by atoms with Gasteiger partial charge in [0.15, 0.2) is 5.69 Å². The fourth-order valence-corrected chi connectivity index (χ4v) is 3.23. The molecule has 0 unspecified atom stereocenters. The third kappa shape index (κ3) is 3.82. The molecule has 0 radical (unpaired) electrons. The van der Waals surface area contributed by atoms with E-state index in [0.717, 1.165) is 49.3 Å². The van der Waals surface area contributed by atoms with Gasteiger partial charge < -0.3 is 4.90 Å². The van der Waals surface area contributed by atoms with Crippen LogP contribution in [-0.2, 0) is 6.54 Å². The highest BCUT2D eigenvalue weighted by Crippen LogP contribution is 2.20. The van der Waals surface area contributed by atoms with Gasteiger partial charge in [0.05, 0.1) is 4.47 Å². The van der Waals surface area contributed by atoms with E-state index in [-0.39, 0.29) is 5.91 Å². The maximum absolute atomic E-state index is 12.6. The van der Waals surface area contributed by atoms with Crippen molar-refractivity contribution < 1.29 is 4.79 Å². The molecule has 3 rings (SSSR count). The minimum Gasteiger partial charge on any atom is -0.336 e. The molecular weight excluding hydrogens is 356 g/mol. The minimum atomic E-state index is 0.00258. The van der Waals surface area contributed by atoms with Crippen LogP contribution in [0.3, 0.4) is 0 Å². The maximum atomic E-state index is 12.6. The van der Waals surface area contributed by atoms with Gasteiger partial charge in [-0.25, -0.2) is 0 Å². The summed E-state index contributed by atoms with van der Waals surface area (Å²) in [5.41, 5.74) is 2.69. The number of carbonyl (C=O) groups excluding carboxylic acids is 1. The quantitative estimate of drug-likeness (QED) is 0.895. The van der Waals surface area contributed by atoms with Crippen LogP contribution in [0.5, 0.6) is 0 Å². The summed E-state index contributed by atoms with van der Waals surface area (Å²) in [6, 6.07) is 10.5. The monoisotopic (exact) mass is 376 g/mol. The zero-order valence-corrected chi connectivity index (χ0v) is 14.8. The smallest absolute Gasteiger partial charge is 0.275 e. The van der Waals surface area contributed by atoms with Crippen LogP contribution in [0.25, 0.3) is 0 Å². The number of halogens is 1. The van der Waals surface area contributed by atoms with Gasteiger partial charge in [0.2, 0.25) is 0 Å². The van der Waals surface area contributed by atoms with Crippen molar-refractivity contribution in [2.45, 2.75) is 19.9 Å². The number of aromatic nitrogens is 2. The fourth-order valence-electron chi connectivity index (χ4n) is 2.88. The lowest BCUT2D eigenvalue weighted by atomic mass is 10.2. The van der Waals surface area contributed by atoms with Crippen molar-refractivity contribution >= 4 is 21.8 Å². The van der Waals surface area contributed by atoms with Crippen LogP contribution in [0.4, 0.5) is 0 Å². The van der Waals surface area contributed by atoms with E-state index in [9.17, 15) is 4.79 Å². The van der Waals surface area contributed by atoms with E-state index in [2.05, 4.69) is 55.3 Å². The molecule has 1 aliphatic heterocycles. The molecule has 0 saturated carbocycles. The van der Waals surface area contributed by atoms with Crippen LogP contribution in [0.2, 0.25) is 0 Å². The van der Waals surface area contributed by atoms with Gasteiger partial charge in [-0.2, -0.15) is 5.10 Å². The summed E-state index contributed by atoms with van der Waals surface area (Å²) in [7, 11) is 0. The average Bonchev–Trinajstić information content (AvgIpc) is 2.77. The molecule has 2 aromatic rings. The second-order valence-corrected chi connectivity index (χ2v) is 6.71.